The summed E-state index contributed by atoms with van der Waals surface area (Å²) in [6.45, 7) is 5.58. The van der Waals surface area contributed by atoms with Gasteiger partial charge in [-0.15, -0.1) is 11.8 Å². The van der Waals surface area contributed by atoms with Crippen molar-refractivity contribution < 1.29 is 18.3 Å². The van der Waals surface area contributed by atoms with Gasteiger partial charge in [-0.05, 0) is 24.6 Å². The number of hydrogen-bond acceptors (Lipinski definition) is 4. The van der Waals surface area contributed by atoms with E-state index in [4.69, 9.17) is 5.11 Å². The monoisotopic (exact) mass is 288 g/mol. The van der Waals surface area contributed by atoms with Crippen LogP contribution in [0.1, 0.15) is 29.8 Å². The lowest BCUT2D eigenvalue weighted by atomic mass is 10.1. The van der Waals surface area contributed by atoms with Crippen LogP contribution < -0.4 is 0 Å². The Labute approximate surface area is 111 Å². The van der Waals surface area contributed by atoms with Crippen LogP contribution in [0.4, 0.5) is 0 Å². The number of aryl methyl sites for hydroxylation is 1. The van der Waals surface area contributed by atoms with Crippen LogP contribution in [0.25, 0.3) is 0 Å². The molecule has 18 heavy (non-hydrogen) atoms. The van der Waals surface area contributed by atoms with Crippen LogP contribution >= 0.6 is 11.8 Å². The molecule has 0 saturated carbocycles. The molecule has 0 unspecified atom stereocenters. The summed E-state index contributed by atoms with van der Waals surface area (Å²) < 4.78 is 23.4. The molecular weight excluding hydrogens is 272 g/mol. The number of carboxylic acid groups (broad SMARTS) is 1. The Morgan fingerprint density at radius 2 is 1.89 bits per heavy atom. The quantitative estimate of drug-likeness (QED) is 0.862. The van der Waals surface area contributed by atoms with Crippen molar-refractivity contribution in [2.75, 3.05) is 6.26 Å². The predicted octanol–water partition coefficient (Wildman–Crippen LogP) is 2.60. The van der Waals surface area contributed by atoms with Crippen molar-refractivity contribution in [2.45, 2.75) is 35.8 Å². The highest BCUT2D eigenvalue weighted by molar-refractivity contribution is 8.00. The van der Waals surface area contributed by atoms with E-state index in [1.165, 1.54) is 17.8 Å². The molecule has 1 aromatic rings. The topological polar surface area (TPSA) is 71.4 Å². The highest BCUT2D eigenvalue weighted by Crippen LogP contribution is 2.32. The number of hydrogen-bond donors (Lipinski definition) is 1. The van der Waals surface area contributed by atoms with E-state index in [0.29, 0.717) is 10.5 Å². The van der Waals surface area contributed by atoms with Crippen molar-refractivity contribution in [1.29, 1.82) is 0 Å². The maximum absolute atomic E-state index is 11.7. The Bertz CT molecular complexity index is 574. The van der Waals surface area contributed by atoms with Gasteiger partial charge in [-0.3, -0.25) is 0 Å². The first kappa shape index (κ1) is 15.0. The summed E-state index contributed by atoms with van der Waals surface area (Å²) in [7, 11) is -3.44. The average molecular weight is 288 g/mol. The average Bonchev–Trinajstić information content (AvgIpc) is 2.13. The molecule has 0 radical (unpaired) electrons. The first-order valence-corrected chi connectivity index (χ1v) is 8.14. The standard InChI is InChI=1S/C12H16O4S2/c1-7(2)17-10-5-8(3)9(12(13)14)6-11(10)18(4,15)16/h5-7H,1-4H3,(H,13,14). The van der Waals surface area contributed by atoms with Gasteiger partial charge in [-0.25, -0.2) is 13.2 Å². The fraction of sp³-hybridized carbons (Fsp3) is 0.417. The molecule has 4 nitrogen and oxygen atoms in total. The summed E-state index contributed by atoms with van der Waals surface area (Å²) in [5, 5.41) is 9.25. The van der Waals surface area contributed by atoms with Crippen molar-refractivity contribution in [3.63, 3.8) is 0 Å². The number of thioether (sulfide) groups is 1. The second kappa shape index (κ2) is 5.32. The van der Waals surface area contributed by atoms with Crippen LogP contribution in [0.3, 0.4) is 0 Å². The van der Waals surface area contributed by atoms with Crippen molar-refractivity contribution in [3.05, 3.63) is 23.3 Å². The zero-order valence-corrected chi connectivity index (χ0v) is 12.4. The molecule has 0 amide bonds. The van der Waals surface area contributed by atoms with Gasteiger partial charge in [0.15, 0.2) is 9.84 Å². The smallest absolute Gasteiger partial charge is 0.335 e. The molecule has 1 rings (SSSR count). The fourth-order valence-electron chi connectivity index (χ4n) is 1.53. The van der Waals surface area contributed by atoms with Gasteiger partial charge >= 0.3 is 5.97 Å². The molecule has 0 atom stereocenters. The Balaban J connectivity index is 3.52. The maximum atomic E-state index is 11.7. The van der Waals surface area contributed by atoms with E-state index in [0.717, 1.165) is 6.26 Å². The summed E-state index contributed by atoms with van der Waals surface area (Å²) >= 11 is 1.41. The van der Waals surface area contributed by atoms with Crippen molar-refractivity contribution in [3.8, 4) is 0 Å². The van der Waals surface area contributed by atoms with Gasteiger partial charge in [0, 0.05) is 16.4 Å². The van der Waals surface area contributed by atoms with Gasteiger partial charge in [0.05, 0.1) is 10.5 Å². The Morgan fingerprint density at radius 3 is 2.28 bits per heavy atom. The van der Waals surface area contributed by atoms with Crippen LogP contribution in [-0.2, 0) is 9.84 Å². The minimum atomic E-state index is -3.44. The Morgan fingerprint density at radius 1 is 1.33 bits per heavy atom. The zero-order valence-electron chi connectivity index (χ0n) is 10.7. The summed E-state index contributed by atoms with van der Waals surface area (Å²) in [6, 6.07) is 2.88. The third-order valence-corrected chi connectivity index (χ3v) is 4.61. The number of rotatable bonds is 4. The van der Waals surface area contributed by atoms with Crippen LogP contribution in [-0.4, -0.2) is 31.0 Å². The Kier molecular flexibility index (Phi) is 4.45. The van der Waals surface area contributed by atoms with E-state index >= 15 is 0 Å². The molecule has 0 aliphatic rings. The van der Waals surface area contributed by atoms with Gasteiger partial charge in [0.1, 0.15) is 0 Å². The molecule has 0 fully saturated rings. The Hall–Kier alpha value is -1.01. The highest BCUT2D eigenvalue weighted by atomic mass is 32.2. The highest BCUT2D eigenvalue weighted by Gasteiger charge is 2.19. The molecule has 0 bridgehead atoms. The molecule has 1 aromatic carbocycles. The first-order chi connectivity index (χ1) is 8.12. The third-order valence-electron chi connectivity index (χ3n) is 2.28. The van der Waals surface area contributed by atoms with Gasteiger partial charge in [0.25, 0.3) is 0 Å². The predicted molar refractivity (Wildman–Crippen MR) is 72.2 cm³/mol. The summed E-state index contributed by atoms with van der Waals surface area (Å²) in [4.78, 5) is 11.7. The lowest BCUT2D eigenvalue weighted by Crippen LogP contribution is -2.07. The molecule has 0 aliphatic carbocycles. The number of benzene rings is 1. The number of carboxylic acids is 1. The lowest BCUT2D eigenvalue weighted by Gasteiger charge is -2.12. The zero-order chi connectivity index (χ0) is 14.1. The molecule has 1 N–H and O–H groups in total. The molecule has 0 aromatic heterocycles. The minimum Gasteiger partial charge on any atom is -0.478 e. The molecule has 0 spiro atoms. The fourth-order valence-corrected chi connectivity index (χ4v) is 3.81. The van der Waals surface area contributed by atoms with Crippen molar-refractivity contribution in [1.82, 2.24) is 0 Å². The van der Waals surface area contributed by atoms with Crippen molar-refractivity contribution in [2.24, 2.45) is 0 Å². The van der Waals surface area contributed by atoms with Gasteiger partial charge in [0.2, 0.25) is 0 Å². The number of sulfone groups is 1. The van der Waals surface area contributed by atoms with Crippen LogP contribution in [0.5, 0.6) is 0 Å². The van der Waals surface area contributed by atoms with E-state index in [2.05, 4.69) is 0 Å². The second-order valence-electron chi connectivity index (χ2n) is 4.36. The molecule has 0 aliphatic heterocycles. The third kappa shape index (κ3) is 3.49. The van der Waals surface area contributed by atoms with Crippen LogP contribution in [0.15, 0.2) is 21.9 Å². The van der Waals surface area contributed by atoms with Crippen LogP contribution in [0.2, 0.25) is 0 Å². The first-order valence-electron chi connectivity index (χ1n) is 5.37. The summed E-state index contributed by atoms with van der Waals surface area (Å²) in [6.07, 6.45) is 1.09. The van der Waals surface area contributed by atoms with Gasteiger partial charge in [-0.1, -0.05) is 13.8 Å². The second-order valence-corrected chi connectivity index (χ2v) is 7.96. The molecule has 100 valence electrons. The van der Waals surface area contributed by atoms with Gasteiger partial charge < -0.3 is 5.11 Å². The summed E-state index contributed by atoms with van der Waals surface area (Å²) in [5.41, 5.74) is 0.599. The van der Waals surface area contributed by atoms with E-state index in [1.54, 1.807) is 13.0 Å². The van der Waals surface area contributed by atoms with Gasteiger partial charge in [-0.2, -0.15) is 0 Å². The van der Waals surface area contributed by atoms with E-state index < -0.39 is 15.8 Å². The largest absolute Gasteiger partial charge is 0.478 e. The lowest BCUT2D eigenvalue weighted by molar-refractivity contribution is 0.0695. The number of carbonyl (C=O) groups is 1. The van der Waals surface area contributed by atoms with E-state index in [1.807, 2.05) is 13.8 Å². The molecule has 6 heteroatoms. The number of aromatic carboxylic acids is 1. The molecule has 0 saturated heterocycles. The van der Waals surface area contributed by atoms with E-state index in [9.17, 15) is 13.2 Å². The summed E-state index contributed by atoms with van der Waals surface area (Å²) in [5.74, 6) is -1.11. The van der Waals surface area contributed by atoms with Crippen molar-refractivity contribution >= 4 is 27.6 Å². The molecular formula is C12H16O4S2. The van der Waals surface area contributed by atoms with Crippen LogP contribution in [0, 0.1) is 6.92 Å². The maximum Gasteiger partial charge on any atom is 0.335 e. The van der Waals surface area contributed by atoms with E-state index in [-0.39, 0.29) is 15.7 Å². The molecule has 0 heterocycles. The minimum absolute atomic E-state index is 0.0310. The SMILES string of the molecule is Cc1cc(SC(C)C)c(S(C)(=O)=O)cc1C(=O)O. The normalized spacial score (nSPS) is 11.8.